The van der Waals surface area contributed by atoms with E-state index in [0.29, 0.717) is 5.75 Å². The zero-order valence-corrected chi connectivity index (χ0v) is 18.4. The highest BCUT2D eigenvalue weighted by Gasteiger charge is 2.27. The molecule has 3 aromatic carbocycles. The summed E-state index contributed by atoms with van der Waals surface area (Å²) in [5, 5.41) is 2.89. The fourth-order valence-electron chi connectivity index (χ4n) is 3.18. The predicted molar refractivity (Wildman–Crippen MR) is 120 cm³/mol. The van der Waals surface area contributed by atoms with Gasteiger partial charge in [-0.1, -0.05) is 60.7 Å². The molecule has 31 heavy (non-hydrogen) atoms. The van der Waals surface area contributed by atoms with Crippen LogP contribution in [-0.2, 0) is 21.4 Å². The Balaban J connectivity index is 1.82. The number of ether oxygens (including phenoxy) is 1. The van der Waals surface area contributed by atoms with Crippen LogP contribution in [0.1, 0.15) is 24.1 Å². The van der Waals surface area contributed by atoms with Crippen LogP contribution in [0.3, 0.4) is 0 Å². The van der Waals surface area contributed by atoms with Crippen LogP contribution in [0.4, 0.5) is 0 Å². The second-order valence-electron chi connectivity index (χ2n) is 7.13. The number of hydrogen-bond acceptors (Lipinski definition) is 4. The van der Waals surface area contributed by atoms with Gasteiger partial charge >= 0.3 is 0 Å². The van der Waals surface area contributed by atoms with Gasteiger partial charge in [0.1, 0.15) is 5.75 Å². The van der Waals surface area contributed by atoms with Crippen LogP contribution in [0.15, 0.2) is 89.8 Å². The lowest BCUT2D eigenvalue weighted by Gasteiger charge is -2.23. The van der Waals surface area contributed by atoms with Gasteiger partial charge in [0.25, 0.3) is 0 Å². The first kappa shape index (κ1) is 22.5. The number of nitrogens with zero attached hydrogens (tertiary/aromatic N) is 1. The van der Waals surface area contributed by atoms with E-state index in [0.717, 1.165) is 11.1 Å². The number of nitrogens with one attached hydrogen (secondary N) is 1. The van der Waals surface area contributed by atoms with Gasteiger partial charge in [-0.2, -0.15) is 4.31 Å². The molecule has 3 aromatic rings. The molecule has 0 aliphatic rings. The van der Waals surface area contributed by atoms with Crippen LogP contribution in [0.5, 0.6) is 5.75 Å². The summed E-state index contributed by atoms with van der Waals surface area (Å²) < 4.78 is 33.0. The van der Waals surface area contributed by atoms with Gasteiger partial charge in [0.2, 0.25) is 15.9 Å². The van der Waals surface area contributed by atoms with E-state index in [2.05, 4.69) is 5.32 Å². The fraction of sp³-hybridized carbons (Fsp3) is 0.208. The Bertz CT molecular complexity index is 1090. The van der Waals surface area contributed by atoms with Crippen molar-refractivity contribution < 1.29 is 17.9 Å². The van der Waals surface area contributed by atoms with E-state index in [1.807, 2.05) is 67.6 Å². The Morgan fingerprint density at radius 2 is 1.52 bits per heavy atom. The zero-order chi connectivity index (χ0) is 22.3. The molecule has 162 valence electrons. The van der Waals surface area contributed by atoms with Gasteiger partial charge in [-0.15, -0.1) is 0 Å². The molecule has 0 bridgehead atoms. The highest BCUT2D eigenvalue weighted by atomic mass is 32.2. The van der Waals surface area contributed by atoms with Crippen molar-refractivity contribution in [1.29, 1.82) is 0 Å². The number of benzene rings is 3. The molecule has 7 heteroatoms. The van der Waals surface area contributed by atoms with Crippen LogP contribution in [0.25, 0.3) is 0 Å². The second kappa shape index (κ2) is 10.2. The zero-order valence-electron chi connectivity index (χ0n) is 17.6. The molecule has 6 nitrogen and oxygen atoms in total. The molecule has 0 saturated heterocycles. The summed E-state index contributed by atoms with van der Waals surface area (Å²) >= 11 is 0. The molecule has 0 spiro atoms. The molecule has 3 rings (SSSR count). The topological polar surface area (TPSA) is 75.7 Å². The summed E-state index contributed by atoms with van der Waals surface area (Å²) in [5.41, 5.74) is 1.74. The maximum atomic E-state index is 13.3. The molecule has 0 aliphatic heterocycles. The normalized spacial score (nSPS) is 12.4. The Morgan fingerprint density at radius 3 is 2.10 bits per heavy atom. The number of hydrogen-bond donors (Lipinski definition) is 1. The van der Waals surface area contributed by atoms with E-state index >= 15 is 0 Å². The van der Waals surface area contributed by atoms with Crippen LogP contribution in [0.2, 0.25) is 0 Å². The molecule has 1 atom stereocenters. The van der Waals surface area contributed by atoms with Crippen molar-refractivity contribution in [1.82, 2.24) is 9.62 Å². The molecule has 0 heterocycles. The Kier molecular flexibility index (Phi) is 7.44. The summed E-state index contributed by atoms with van der Waals surface area (Å²) in [7, 11) is -2.39. The molecular weight excluding hydrogens is 412 g/mol. The number of rotatable bonds is 9. The number of methoxy groups -OCH3 is 1. The number of carbonyl (C=O) groups excluding carboxylic acids is 1. The highest BCUT2D eigenvalue weighted by Crippen LogP contribution is 2.21. The monoisotopic (exact) mass is 438 g/mol. The first-order valence-corrected chi connectivity index (χ1v) is 11.4. The van der Waals surface area contributed by atoms with E-state index in [-0.39, 0.29) is 29.9 Å². The summed E-state index contributed by atoms with van der Waals surface area (Å²) in [4.78, 5) is 12.9. The highest BCUT2D eigenvalue weighted by molar-refractivity contribution is 7.89. The maximum Gasteiger partial charge on any atom is 0.243 e. The van der Waals surface area contributed by atoms with Gasteiger partial charge in [-0.3, -0.25) is 4.79 Å². The molecule has 0 unspecified atom stereocenters. The number of carbonyl (C=O) groups is 1. The predicted octanol–water partition coefficient (Wildman–Crippen LogP) is 3.76. The van der Waals surface area contributed by atoms with Gasteiger partial charge in [-0.05, 0) is 42.3 Å². The van der Waals surface area contributed by atoms with Gasteiger partial charge in [-0.25, -0.2) is 8.42 Å². The Hall–Kier alpha value is -3.16. The van der Waals surface area contributed by atoms with Gasteiger partial charge in [0.05, 0.1) is 24.6 Å². The lowest BCUT2D eigenvalue weighted by atomic mass is 10.1. The van der Waals surface area contributed by atoms with E-state index in [4.69, 9.17) is 4.74 Å². The van der Waals surface area contributed by atoms with E-state index in [1.165, 1.54) is 23.5 Å². The first-order chi connectivity index (χ1) is 14.9. The third-order valence-corrected chi connectivity index (χ3v) is 6.70. The molecular formula is C24H26N2O4S. The van der Waals surface area contributed by atoms with E-state index < -0.39 is 10.0 Å². The van der Waals surface area contributed by atoms with Gasteiger partial charge in [0, 0.05) is 6.54 Å². The Labute approximate surface area is 183 Å². The minimum atomic E-state index is -3.90. The molecule has 0 aromatic heterocycles. The van der Waals surface area contributed by atoms with E-state index in [1.54, 1.807) is 12.1 Å². The van der Waals surface area contributed by atoms with Gasteiger partial charge < -0.3 is 10.1 Å². The molecule has 0 radical (unpaired) electrons. The lowest BCUT2D eigenvalue weighted by molar-refractivity contribution is -0.122. The summed E-state index contributed by atoms with van der Waals surface area (Å²) in [6, 6.07) is 24.6. The van der Waals surface area contributed by atoms with Crippen LogP contribution in [-0.4, -0.2) is 32.3 Å². The summed E-state index contributed by atoms with van der Waals surface area (Å²) in [6.45, 7) is 1.66. The smallest absolute Gasteiger partial charge is 0.243 e. The molecule has 0 fully saturated rings. The molecule has 1 amide bonds. The third kappa shape index (κ3) is 5.93. The van der Waals surface area contributed by atoms with Crippen molar-refractivity contribution in [3.63, 3.8) is 0 Å². The minimum absolute atomic E-state index is 0.0857. The van der Waals surface area contributed by atoms with Crippen molar-refractivity contribution in [2.45, 2.75) is 24.4 Å². The molecule has 0 aliphatic carbocycles. The van der Waals surface area contributed by atoms with Gasteiger partial charge in [0.15, 0.2) is 0 Å². The summed E-state index contributed by atoms with van der Waals surface area (Å²) in [5.74, 6) is 0.187. The SMILES string of the molecule is COc1ccc(S(=O)(=O)N(CC(=O)N[C@@H](C)c2ccccc2)Cc2ccccc2)cc1. The average molecular weight is 439 g/mol. The van der Waals surface area contributed by atoms with Crippen LogP contribution >= 0.6 is 0 Å². The molecule has 1 N–H and O–H groups in total. The van der Waals surface area contributed by atoms with Crippen molar-refractivity contribution in [2.75, 3.05) is 13.7 Å². The van der Waals surface area contributed by atoms with Crippen molar-refractivity contribution >= 4 is 15.9 Å². The quantitative estimate of drug-likeness (QED) is 0.552. The number of amides is 1. The lowest BCUT2D eigenvalue weighted by Crippen LogP contribution is -2.41. The largest absolute Gasteiger partial charge is 0.497 e. The fourth-order valence-corrected chi connectivity index (χ4v) is 4.57. The Morgan fingerprint density at radius 1 is 0.935 bits per heavy atom. The van der Waals surface area contributed by atoms with Crippen molar-refractivity contribution in [3.8, 4) is 5.75 Å². The second-order valence-corrected chi connectivity index (χ2v) is 9.07. The number of sulfonamides is 1. The van der Waals surface area contributed by atoms with Crippen LogP contribution in [0, 0.1) is 0 Å². The summed E-state index contributed by atoms with van der Waals surface area (Å²) in [6.07, 6.45) is 0. The van der Waals surface area contributed by atoms with E-state index in [9.17, 15) is 13.2 Å². The standard InChI is InChI=1S/C24H26N2O4S/c1-19(21-11-7-4-8-12-21)25-24(27)18-26(17-20-9-5-3-6-10-20)31(28,29)23-15-13-22(30-2)14-16-23/h3-16,19H,17-18H2,1-2H3,(H,25,27)/t19-/m0/s1. The van der Waals surface area contributed by atoms with Crippen molar-refractivity contribution in [3.05, 3.63) is 96.1 Å². The van der Waals surface area contributed by atoms with Crippen molar-refractivity contribution in [2.24, 2.45) is 0 Å². The molecule has 0 saturated carbocycles. The first-order valence-electron chi connectivity index (χ1n) is 9.92. The maximum absolute atomic E-state index is 13.3. The average Bonchev–Trinajstić information content (AvgIpc) is 2.80. The minimum Gasteiger partial charge on any atom is -0.497 e. The third-order valence-electron chi connectivity index (χ3n) is 4.90. The van der Waals surface area contributed by atoms with Crippen LogP contribution < -0.4 is 10.1 Å².